The Morgan fingerprint density at radius 1 is 1.17 bits per heavy atom. The monoisotopic (exact) mass is 496 g/mol. The zero-order chi connectivity index (χ0) is 26.0. The van der Waals surface area contributed by atoms with Crippen molar-refractivity contribution in [1.29, 1.82) is 0 Å². The first-order chi connectivity index (χ1) is 17.2. The molecule has 0 bridgehead atoms. The molecule has 4 rings (SSSR count). The van der Waals surface area contributed by atoms with Gasteiger partial charge in [0.25, 0.3) is 0 Å². The van der Waals surface area contributed by atoms with Gasteiger partial charge in [0.05, 0.1) is 17.6 Å². The van der Waals surface area contributed by atoms with E-state index in [1.165, 1.54) is 19.3 Å². The smallest absolute Gasteiger partial charge is 0.237 e. The van der Waals surface area contributed by atoms with Crippen LogP contribution in [0.25, 0.3) is 10.9 Å². The van der Waals surface area contributed by atoms with Crippen LogP contribution in [0.4, 0.5) is 4.39 Å². The maximum atomic E-state index is 14.5. The average Bonchev–Trinajstić information content (AvgIpc) is 3.47. The molecular weight excluding hydrogens is 455 g/mol. The van der Waals surface area contributed by atoms with Gasteiger partial charge in [-0.25, -0.2) is 4.39 Å². The van der Waals surface area contributed by atoms with Crippen molar-refractivity contribution >= 4 is 22.6 Å². The Morgan fingerprint density at radius 2 is 1.89 bits per heavy atom. The number of Topliss-reactive ketones (excluding diaryl/α,β-unsaturated/α-hetero) is 1. The molecule has 3 atom stereocenters. The standard InChI is InChI=1S/C29H41FN4O2/c1-18-14-24-25(21(4)35)17-33(27(24)15-26(18)30)16-23-12-9-13-34(23)20(3)28(22-10-7-6-8-11-22)32-29(36)19(2)31-5/h14-15,17,19,22-23,28,31H,3,6-13,16H2,1-2,4-5H3,(H,32,36). The molecule has 6 nitrogen and oxygen atoms in total. The van der Waals surface area contributed by atoms with Crippen LogP contribution in [0.15, 0.2) is 30.6 Å². The molecule has 1 aliphatic carbocycles. The Hall–Kier alpha value is -2.67. The molecule has 0 spiro atoms. The predicted octanol–water partition coefficient (Wildman–Crippen LogP) is 4.94. The van der Waals surface area contributed by atoms with Crippen LogP contribution in [0.5, 0.6) is 0 Å². The summed E-state index contributed by atoms with van der Waals surface area (Å²) >= 11 is 0. The summed E-state index contributed by atoms with van der Waals surface area (Å²) in [4.78, 5) is 27.6. The van der Waals surface area contributed by atoms with Gasteiger partial charge in [0.15, 0.2) is 5.78 Å². The van der Waals surface area contributed by atoms with Gasteiger partial charge in [-0.05, 0) is 77.1 Å². The molecular formula is C29H41FN4O2. The van der Waals surface area contributed by atoms with Crippen LogP contribution in [0, 0.1) is 18.7 Å². The Labute approximate surface area is 214 Å². The highest BCUT2D eigenvalue weighted by Gasteiger charge is 2.35. The van der Waals surface area contributed by atoms with E-state index in [9.17, 15) is 14.0 Å². The summed E-state index contributed by atoms with van der Waals surface area (Å²) in [6, 6.07) is 3.13. The molecule has 0 radical (unpaired) electrons. The summed E-state index contributed by atoms with van der Waals surface area (Å²) in [6.45, 7) is 11.2. The number of fused-ring (bicyclic) bond motifs is 1. The Kier molecular flexibility index (Phi) is 8.18. The highest BCUT2D eigenvalue weighted by Crippen LogP contribution is 2.34. The highest BCUT2D eigenvalue weighted by atomic mass is 19.1. The SMILES string of the molecule is C=C(C(NC(=O)C(C)NC)C1CCCCC1)N1CCCC1Cn1cc(C(C)=O)c2cc(C)c(F)cc21. The lowest BCUT2D eigenvalue weighted by Gasteiger charge is -2.39. The summed E-state index contributed by atoms with van der Waals surface area (Å²) in [5.41, 5.74) is 2.90. The number of hydrogen-bond donors (Lipinski definition) is 2. The number of amides is 1. The van der Waals surface area contributed by atoms with Crippen molar-refractivity contribution in [2.45, 2.75) is 90.4 Å². The van der Waals surface area contributed by atoms with E-state index < -0.39 is 0 Å². The van der Waals surface area contributed by atoms with Gasteiger partial charge in [0, 0.05) is 42.0 Å². The van der Waals surface area contributed by atoms with Crippen LogP contribution in [0.3, 0.4) is 0 Å². The quantitative estimate of drug-likeness (QED) is 0.483. The van der Waals surface area contributed by atoms with Crippen LogP contribution in [-0.4, -0.2) is 52.9 Å². The van der Waals surface area contributed by atoms with Gasteiger partial charge in [-0.2, -0.15) is 0 Å². The van der Waals surface area contributed by atoms with Crippen LogP contribution in [0.1, 0.15) is 74.7 Å². The molecule has 1 saturated carbocycles. The molecule has 1 aliphatic heterocycles. The molecule has 36 heavy (non-hydrogen) atoms. The molecule has 1 saturated heterocycles. The average molecular weight is 497 g/mol. The number of ketones is 1. The van der Waals surface area contributed by atoms with Crippen molar-refractivity contribution in [2.75, 3.05) is 13.6 Å². The Balaban J connectivity index is 1.60. The van der Waals surface area contributed by atoms with Crippen LogP contribution < -0.4 is 10.6 Å². The third-order valence-corrected chi connectivity index (χ3v) is 8.30. The predicted molar refractivity (Wildman–Crippen MR) is 143 cm³/mol. The number of benzene rings is 1. The molecule has 2 aromatic rings. The molecule has 1 aromatic heterocycles. The fourth-order valence-electron chi connectivity index (χ4n) is 6.01. The van der Waals surface area contributed by atoms with Gasteiger partial charge in [0.2, 0.25) is 5.91 Å². The van der Waals surface area contributed by atoms with E-state index in [0.717, 1.165) is 48.8 Å². The third kappa shape index (κ3) is 5.36. The van der Waals surface area contributed by atoms with E-state index >= 15 is 0 Å². The lowest BCUT2D eigenvalue weighted by atomic mass is 9.82. The molecule has 196 valence electrons. The van der Waals surface area contributed by atoms with E-state index in [0.29, 0.717) is 23.6 Å². The summed E-state index contributed by atoms with van der Waals surface area (Å²) in [7, 11) is 1.80. The second-order valence-corrected chi connectivity index (χ2v) is 10.7. The number of aryl methyl sites for hydroxylation is 1. The number of carbonyl (C=O) groups is 2. The number of carbonyl (C=O) groups excluding carboxylic acids is 2. The fourth-order valence-corrected chi connectivity index (χ4v) is 6.01. The molecule has 2 aliphatic rings. The van der Waals surface area contributed by atoms with Gasteiger partial charge < -0.3 is 20.1 Å². The van der Waals surface area contributed by atoms with E-state index in [2.05, 4.69) is 22.1 Å². The van der Waals surface area contributed by atoms with Crippen LogP contribution in [0.2, 0.25) is 0 Å². The Bertz CT molecular complexity index is 1130. The number of halogens is 1. The van der Waals surface area contributed by atoms with Gasteiger partial charge in [0.1, 0.15) is 5.82 Å². The third-order valence-electron chi connectivity index (χ3n) is 8.30. The molecule has 7 heteroatoms. The van der Waals surface area contributed by atoms with Gasteiger partial charge in [-0.3, -0.25) is 9.59 Å². The van der Waals surface area contributed by atoms with Gasteiger partial charge in [-0.1, -0.05) is 25.8 Å². The Morgan fingerprint density at radius 3 is 2.56 bits per heavy atom. The highest BCUT2D eigenvalue weighted by molar-refractivity contribution is 6.07. The maximum absolute atomic E-state index is 14.5. The summed E-state index contributed by atoms with van der Waals surface area (Å²) in [5.74, 6) is 0.104. The van der Waals surface area contributed by atoms with Gasteiger partial charge in [-0.15, -0.1) is 0 Å². The van der Waals surface area contributed by atoms with Gasteiger partial charge >= 0.3 is 0 Å². The van der Waals surface area contributed by atoms with E-state index in [1.54, 1.807) is 33.0 Å². The van der Waals surface area contributed by atoms with E-state index in [4.69, 9.17) is 0 Å². The largest absolute Gasteiger partial charge is 0.369 e. The van der Waals surface area contributed by atoms with Crippen LogP contribution >= 0.6 is 0 Å². The molecule has 2 heterocycles. The second-order valence-electron chi connectivity index (χ2n) is 10.7. The lowest BCUT2D eigenvalue weighted by Crippen LogP contribution is -2.52. The first-order valence-electron chi connectivity index (χ1n) is 13.4. The number of nitrogens with zero attached hydrogens (tertiary/aromatic N) is 2. The minimum atomic E-state index is -0.271. The minimum absolute atomic E-state index is 0.00156. The first-order valence-corrected chi connectivity index (χ1v) is 13.4. The molecule has 2 N–H and O–H groups in total. The number of rotatable bonds is 9. The number of aromatic nitrogens is 1. The second kappa shape index (κ2) is 11.2. The normalized spacial score (nSPS) is 20.5. The summed E-state index contributed by atoms with van der Waals surface area (Å²) in [5, 5.41) is 7.16. The number of likely N-dealkylation sites (N-methyl/N-ethyl adjacent to an activating group) is 1. The van der Waals surface area contributed by atoms with E-state index in [1.807, 2.05) is 17.7 Å². The van der Waals surface area contributed by atoms with Crippen molar-refractivity contribution < 1.29 is 14.0 Å². The fraction of sp³-hybridized carbons (Fsp3) is 0.586. The first kappa shape index (κ1) is 26.4. The number of nitrogens with one attached hydrogen (secondary N) is 2. The van der Waals surface area contributed by atoms with Crippen molar-refractivity contribution in [3.05, 3.63) is 47.5 Å². The molecule has 2 fully saturated rings. The van der Waals surface area contributed by atoms with Crippen LogP contribution in [-0.2, 0) is 11.3 Å². The zero-order valence-corrected chi connectivity index (χ0v) is 22.2. The molecule has 1 amide bonds. The lowest BCUT2D eigenvalue weighted by molar-refractivity contribution is -0.123. The molecule has 1 aromatic carbocycles. The minimum Gasteiger partial charge on any atom is -0.369 e. The maximum Gasteiger partial charge on any atom is 0.237 e. The number of likely N-dealkylation sites (tertiary alicyclic amines) is 1. The molecule has 3 unspecified atom stereocenters. The topological polar surface area (TPSA) is 66.4 Å². The number of hydrogen-bond acceptors (Lipinski definition) is 4. The summed E-state index contributed by atoms with van der Waals surface area (Å²) < 4.78 is 16.5. The van der Waals surface area contributed by atoms with E-state index in [-0.39, 0.29) is 35.6 Å². The van der Waals surface area contributed by atoms with Crippen molar-refractivity contribution in [2.24, 2.45) is 5.92 Å². The zero-order valence-electron chi connectivity index (χ0n) is 22.2. The van der Waals surface area contributed by atoms with Crippen molar-refractivity contribution in [3.63, 3.8) is 0 Å². The van der Waals surface area contributed by atoms with Crippen molar-refractivity contribution in [3.8, 4) is 0 Å². The van der Waals surface area contributed by atoms with Crippen molar-refractivity contribution in [1.82, 2.24) is 20.1 Å². The summed E-state index contributed by atoms with van der Waals surface area (Å²) in [6.07, 6.45) is 9.71.